The molecule has 0 aliphatic rings. The van der Waals surface area contributed by atoms with E-state index < -0.39 is 0 Å². The summed E-state index contributed by atoms with van der Waals surface area (Å²) >= 11 is 6.07. The van der Waals surface area contributed by atoms with Crippen LogP contribution in [0.3, 0.4) is 0 Å². The van der Waals surface area contributed by atoms with Crippen LogP contribution < -0.4 is 10.5 Å². The molecule has 114 valence electrons. The van der Waals surface area contributed by atoms with E-state index >= 15 is 0 Å². The molecular formula is C16H27ClN2O. The lowest BCUT2D eigenvalue weighted by molar-refractivity contribution is 0.154. The van der Waals surface area contributed by atoms with Crippen molar-refractivity contribution >= 4 is 11.6 Å². The number of hydrogen-bond donors (Lipinski definition) is 1. The molecule has 3 nitrogen and oxygen atoms in total. The summed E-state index contributed by atoms with van der Waals surface area (Å²) in [6.45, 7) is 10.9. The van der Waals surface area contributed by atoms with E-state index in [9.17, 15) is 0 Å². The predicted octanol–water partition coefficient (Wildman–Crippen LogP) is 3.42. The zero-order valence-electron chi connectivity index (χ0n) is 12.9. The number of nitrogens with two attached hydrogens (primary N) is 1. The van der Waals surface area contributed by atoms with E-state index in [1.807, 2.05) is 24.3 Å². The third-order valence-corrected chi connectivity index (χ3v) is 3.56. The number of rotatable bonds is 9. The van der Waals surface area contributed by atoms with Crippen molar-refractivity contribution in [2.45, 2.75) is 27.2 Å². The maximum atomic E-state index is 6.07. The number of halogens is 1. The monoisotopic (exact) mass is 298 g/mol. The molecule has 0 amide bonds. The maximum absolute atomic E-state index is 6.07. The van der Waals surface area contributed by atoms with Crippen LogP contribution in [0.4, 0.5) is 0 Å². The summed E-state index contributed by atoms with van der Waals surface area (Å²) in [6.07, 6.45) is 1.13. The van der Waals surface area contributed by atoms with E-state index in [-0.39, 0.29) is 5.41 Å². The highest BCUT2D eigenvalue weighted by Gasteiger charge is 2.19. The smallest absolute Gasteiger partial charge is 0.137 e. The average molecular weight is 299 g/mol. The summed E-state index contributed by atoms with van der Waals surface area (Å²) < 4.78 is 5.76. The van der Waals surface area contributed by atoms with Gasteiger partial charge in [-0.15, -0.1) is 0 Å². The van der Waals surface area contributed by atoms with Gasteiger partial charge < -0.3 is 10.5 Å². The zero-order valence-corrected chi connectivity index (χ0v) is 13.6. The molecule has 0 bridgehead atoms. The second-order valence-corrected chi connectivity index (χ2v) is 6.33. The Bertz CT molecular complexity index is 396. The number of ether oxygens (including phenoxy) is 1. The summed E-state index contributed by atoms with van der Waals surface area (Å²) in [5, 5.41) is 0.664. The number of benzene rings is 1. The molecule has 0 aliphatic carbocycles. The molecule has 0 unspecified atom stereocenters. The second-order valence-electron chi connectivity index (χ2n) is 5.92. The Morgan fingerprint density at radius 1 is 1.25 bits per heavy atom. The molecule has 0 fully saturated rings. The van der Waals surface area contributed by atoms with Gasteiger partial charge in [0.1, 0.15) is 12.4 Å². The third-order valence-electron chi connectivity index (χ3n) is 3.25. The highest BCUT2D eigenvalue weighted by atomic mass is 35.5. The van der Waals surface area contributed by atoms with Gasteiger partial charge in [0.2, 0.25) is 0 Å². The quantitative estimate of drug-likeness (QED) is 0.759. The number of nitrogens with zero attached hydrogens (tertiary/aromatic N) is 1. The van der Waals surface area contributed by atoms with Crippen molar-refractivity contribution in [2.24, 2.45) is 11.1 Å². The molecule has 0 aromatic heterocycles. The molecule has 0 heterocycles. The average Bonchev–Trinajstić information content (AvgIpc) is 2.41. The van der Waals surface area contributed by atoms with Crippen LogP contribution in [0.5, 0.6) is 5.75 Å². The molecule has 20 heavy (non-hydrogen) atoms. The van der Waals surface area contributed by atoms with Gasteiger partial charge in [-0.25, -0.2) is 0 Å². The number of hydrogen-bond acceptors (Lipinski definition) is 3. The lowest BCUT2D eigenvalue weighted by atomic mass is 9.93. The predicted molar refractivity (Wildman–Crippen MR) is 86.5 cm³/mol. The van der Waals surface area contributed by atoms with Crippen molar-refractivity contribution in [3.63, 3.8) is 0 Å². The van der Waals surface area contributed by atoms with Gasteiger partial charge in [-0.3, -0.25) is 4.90 Å². The zero-order chi connectivity index (χ0) is 15.0. The van der Waals surface area contributed by atoms with E-state index in [2.05, 4.69) is 25.7 Å². The van der Waals surface area contributed by atoms with E-state index in [0.29, 0.717) is 18.2 Å². The van der Waals surface area contributed by atoms with Crippen molar-refractivity contribution in [1.29, 1.82) is 0 Å². The normalized spacial score (nSPS) is 11.9. The molecule has 1 rings (SSSR count). The van der Waals surface area contributed by atoms with Crippen LogP contribution in [0, 0.1) is 5.41 Å². The Morgan fingerprint density at radius 3 is 2.55 bits per heavy atom. The van der Waals surface area contributed by atoms with Crippen LogP contribution >= 0.6 is 11.6 Å². The van der Waals surface area contributed by atoms with Gasteiger partial charge in [0, 0.05) is 13.1 Å². The van der Waals surface area contributed by atoms with Crippen LogP contribution in [0.25, 0.3) is 0 Å². The van der Waals surface area contributed by atoms with Crippen LogP contribution in [0.15, 0.2) is 24.3 Å². The molecule has 4 heteroatoms. The summed E-state index contributed by atoms with van der Waals surface area (Å²) in [5.41, 5.74) is 5.95. The highest BCUT2D eigenvalue weighted by Crippen LogP contribution is 2.23. The van der Waals surface area contributed by atoms with Crippen molar-refractivity contribution in [2.75, 3.05) is 32.8 Å². The first-order valence-electron chi connectivity index (χ1n) is 7.28. The second kappa shape index (κ2) is 8.50. The lowest BCUT2D eigenvalue weighted by Gasteiger charge is -2.31. The first kappa shape index (κ1) is 17.3. The molecule has 0 aliphatic heterocycles. The minimum atomic E-state index is 0.138. The fourth-order valence-electron chi connectivity index (χ4n) is 2.10. The van der Waals surface area contributed by atoms with Gasteiger partial charge in [-0.05, 0) is 37.1 Å². The fourth-order valence-corrected chi connectivity index (χ4v) is 2.29. The van der Waals surface area contributed by atoms with Crippen molar-refractivity contribution in [3.05, 3.63) is 29.3 Å². The minimum Gasteiger partial charge on any atom is -0.491 e. The van der Waals surface area contributed by atoms with Gasteiger partial charge in [-0.2, -0.15) is 0 Å². The molecule has 2 N–H and O–H groups in total. The Kier molecular flexibility index (Phi) is 7.35. The van der Waals surface area contributed by atoms with E-state index in [4.69, 9.17) is 22.1 Å². The summed E-state index contributed by atoms with van der Waals surface area (Å²) in [4.78, 5) is 2.41. The standard InChI is InChI=1S/C16H27ClN2O/c1-4-9-19(13-16(2,3)12-18)10-11-20-15-8-6-5-7-14(15)17/h5-8H,4,9-13,18H2,1-3H3. The van der Waals surface area contributed by atoms with Crippen LogP contribution in [0.1, 0.15) is 27.2 Å². The van der Waals surface area contributed by atoms with Gasteiger partial charge in [0.25, 0.3) is 0 Å². The van der Waals surface area contributed by atoms with Crippen LogP contribution in [-0.4, -0.2) is 37.7 Å². The molecule has 0 radical (unpaired) electrons. The maximum Gasteiger partial charge on any atom is 0.137 e. The fraction of sp³-hybridized carbons (Fsp3) is 0.625. The highest BCUT2D eigenvalue weighted by molar-refractivity contribution is 6.32. The lowest BCUT2D eigenvalue weighted by Crippen LogP contribution is -2.40. The minimum absolute atomic E-state index is 0.138. The van der Waals surface area contributed by atoms with Crippen molar-refractivity contribution < 1.29 is 4.74 Å². The van der Waals surface area contributed by atoms with E-state index in [0.717, 1.165) is 31.8 Å². The van der Waals surface area contributed by atoms with Gasteiger partial charge in [0.15, 0.2) is 0 Å². The van der Waals surface area contributed by atoms with Crippen LogP contribution in [-0.2, 0) is 0 Å². The molecule has 0 saturated carbocycles. The summed E-state index contributed by atoms with van der Waals surface area (Å²) in [7, 11) is 0. The molecule has 1 aromatic carbocycles. The molecule has 0 saturated heterocycles. The number of para-hydroxylation sites is 1. The summed E-state index contributed by atoms with van der Waals surface area (Å²) in [6, 6.07) is 7.58. The van der Waals surface area contributed by atoms with Gasteiger partial charge >= 0.3 is 0 Å². The van der Waals surface area contributed by atoms with E-state index in [1.54, 1.807) is 0 Å². The molecule has 1 aromatic rings. The first-order valence-corrected chi connectivity index (χ1v) is 7.66. The van der Waals surface area contributed by atoms with Gasteiger partial charge in [0.05, 0.1) is 5.02 Å². The largest absolute Gasteiger partial charge is 0.491 e. The van der Waals surface area contributed by atoms with E-state index in [1.165, 1.54) is 0 Å². The van der Waals surface area contributed by atoms with Crippen molar-refractivity contribution in [1.82, 2.24) is 4.90 Å². The topological polar surface area (TPSA) is 38.5 Å². The Balaban J connectivity index is 2.45. The SMILES string of the molecule is CCCN(CCOc1ccccc1Cl)CC(C)(C)CN. The molecular weight excluding hydrogens is 272 g/mol. The molecule has 0 atom stereocenters. The Morgan fingerprint density at radius 2 is 1.95 bits per heavy atom. The van der Waals surface area contributed by atoms with Crippen molar-refractivity contribution in [3.8, 4) is 5.75 Å². The Labute approximate surface area is 128 Å². The molecule has 0 spiro atoms. The first-order chi connectivity index (χ1) is 9.48. The van der Waals surface area contributed by atoms with Gasteiger partial charge in [-0.1, -0.05) is 44.5 Å². The third kappa shape index (κ3) is 6.12. The van der Waals surface area contributed by atoms with Crippen LogP contribution in [0.2, 0.25) is 5.02 Å². The Hall–Kier alpha value is -0.770. The summed E-state index contributed by atoms with van der Waals surface area (Å²) in [5.74, 6) is 0.753.